The maximum Gasteiger partial charge on any atom is 0.250 e. The van der Waals surface area contributed by atoms with Crippen molar-refractivity contribution in [1.82, 2.24) is 10.3 Å². The molecule has 0 saturated carbocycles. The third kappa shape index (κ3) is 5.50. The Morgan fingerprint density at radius 2 is 1.77 bits per heavy atom. The van der Waals surface area contributed by atoms with Crippen LogP contribution in [-0.4, -0.2) is 48.1 Å². The van der Waals surface area contributed by atoms with Gasteiger partial charge in [-0.05, 0) is 24.1 Å². The van der Waals surface area contributed by atoms with Crippen molar-refractivity contribution in [1.29, 1.82) is 0 Å². The van der Waals surface area contributed by atoms with E-state index in [0.29, 0.717) is 11.1 Å². The van der Waals surface area contributed by atoms with Gasteiger partial charge in [0, 0.05) is 0 Å². The van der Waals surface area contributed by atoms with Crippen LogP contribution in [0.2, 0.25) is 0 Å². The maximum atomic E-state index is 12.8. The lowest BCUT2D eigenvalue weighted by Crippen LogP contribution is -2.47. The van der Waals surface area contributed by atoms with Crippen molar-refractivity contribution in [3.05, 3.63) is 65.2 Å². The van der Waals surface area contributed by atoms with Gasteiger partial charge in [-0.3, -0.25) is 9.59 Å². The van der Waals surface area contributed by atoms with Crippen LogP contribution >= 0.6 is 11.3 Å². The van der Waals surface area contributed by atoms with Gasteiger partial charge in [-0.2, -0.15) is 0 Å². The first-order valence-electron chi connectivity index (χ1n) is 9.41. The van der Waals surface area contributed by atoms with Crippen molar-refractivity contribution in [2.24, 2.45) is 0 Å². The Morgan fingerprint density at radius 3 is 2.43 bits per heavy atom. The van der Waals surface area contributed by atoms with E-state index in [1.807, 2.05) is 18.2 Å². The molecule has 2 N–H and O–H groups in total. The quantitative estimate of drug-likeness (QED) is 0.488. The van der Waals surface area contributed by atoms with Gasteiger partial charge in [0.05, 0.1) is 27.8 Å². The van der Waals surface area contributed by atoms with Crippen LogP contribution in [-0.2, 0) is 20.4 Å². The zero-order valence-corrected chi connectivity index (χ0v) is 17.9. The number of aliphatic hydroxyl groups excluding tert-OH is 1. The summed E-state index contributed by atoms with van der Waals surface area (Å²) in [6, 6.07) is 14.9. The lowest BCUT2D eigenvalue weighted by atomic mass is 10.1. The van der Waals surface area contributed by atoms with Gasteiger partial charge in [0.15, 0.2) is 14.8 Å². The Hall–Kier alpha value is -2.62. The molecule has 0 aliphatic rings. The van der Waals surface area contributed by atoms with E-state index < -0.39 is 33.6 Å². The number of amides is 1. The third-order valence-corrected chi connectivity index (χ3v) is 7.14. The van der Waals surface area contributed by atoms with E-state index in [1.54, 1.807) is 43.3 Å². The summed E-state index contributed by atoms with van der Waals surface area (Å²) >= 11 is 1.23. The number of aliphatic hydroxyl groups is 1. The second-order valence-corrected chi connectivity index (χ2v) is 10.0. The van der Waals surface area contributed by atoms with Gasteiger partial charge in [0.25, 0.3) is 0 Å². The van der Waals surface area contributed by atoms with E-state index in [2.05, 4.69) is 10.3 Å². The molecule has 1 heterocycles. The highest BCUT2D eigenvalue weighted by molar-refractivity contribution is 7.90. The van der Waals surface area contributed by atoms with Crippen molar-refractivity contribution in [2.45, 2.75) is 31.2 Å². The van der Waals surface area contributed by atoms with Crippen LogP contribution in [0.3, 0.4) is 0 Å². The Morgan fingerprint density at radius 1 is 1.10 bits per heavy atom. The Kier molecular flexibility index (Phi) is 6.96. The van der Waals surface area contributed by atoms with Crippen LogP contribution in [0.4, 0.5) is 0 Å². The summed E-state index contributed by atoms with van der Waals surface area (Å²) < 4.78 is 25.5. The number of para-hydroxylation sites is 1. The van der Waals surface area contributed by atoms with E-state index in [1.165, 1.54) is 11.3 Å². The zero-order valence-electron chi connectivity index (χ0n) is 16.3. The van der Waals surface area contributed by atoms with Crippen LogP contribution in [0.15, 0.2) is 54.6 Å². The van der Waals surface area contributed by atoms with Gasteiger partial charge in [0.2, 0.25) is 11.7 Å². The number of hydrogen-bond acceptors (Lipinski definition) is 7. The summed E-state index contributed by atoms with van der Waals surface area (Å²) in [7, 11) is -3.72. The average molecular weight is 447 g/mol. The van der Waals surface area contributed by atoms with E-state index in [4.69, 9.17) is 0 Å². The largest absolute Gasteiger partial charge is 0.382 e. The molecule has 0 fully saturated rings. The van der Waals surface area contributed by atoms with E-state index in [-0.39, 0.29) is 23.0 Å². The minimum absolute atomic E-state index is 0.259. The number of nitrogens with zero attached hydrogens (tertiary/aromatic N) is 1. The number of nitrogens with one attached hydrogen (secondary N) is 1. The highest BCUT2D eigenvalue weighted by atomic mass is 32.2. The summed E-state index contributed by atoms with van der Waals surface area (Å²) in [5, 5.41) is 12.8. The summed E-state index contributed by atoms with van der Waals surface area (Å²) in [6.45, 7) is 1.72. The minimum atomic E-state index is -3.72. The van der Waals surface area contributed by atoms with Crippen molar-refractivity contribution >= 4 is 43.1 Å². The van der Waals surface area contributed by atoms with Crippen LogP contribution in [0.5, 0.6) is 0 Å². The molecule has 0 saturated heterocycles. The standard InChI is InChI=1S/C21H22N2O5S2/c1-2-15(19(25)21-23-16-10-6-7-11-18(16)29-21)22-20(26)17(24)13-30(27,28)12-14-8-4-3-5-9-14/h3-11,15,17,24H,2,12-13H2,1H3,(H,22,26)/t15-,17+/m1/s1. The number of fused-ring (bicyclic) bond motifs is 1. The predicted molar refractivity (Wildman–Crippen MR) is 116 cm³/mol. The van der Waals surface area contributed by atoms with Gasteiger partial charge >= 0.3 is 0 Å². The number of carbonyl (C=O) groups is 2. The molecule has 2 atom stereocenters. The molecule has 2 aromatic carbocycles. The highest BCUT2D eigenvalue weighted by Crippen LogP contribution is 2.23. The molecule has 0 radical (unpaired) electrons. The molecular weight excluding hydrogens is 424 g/mol. The molecule has 158 valence electrons. The Balaban J connectivity index is 1.64. The molecule has 7 nitrogen and oxygen atoms in total. The highest BCUT2D eigenvalue weighted by Gasteiger charge is 2.29. The molecule has 1 aromatic heterocycles. The van der Waals surface area contributed by atoms with Gasteiger partial charge in [0.1, 0.15) is 6.10 Å². The summed E-state index contributed by atoms with van der Waals surface area (Å²) in [5.41, 5.74) is 1.27. The monoisotopic (exact) mass is 446 g/mol. The molecule has 0 unspecified atom stereocenters. The molecule has 9 heteroatoms. The third-order valence-electron chi connectivity index (χ3n) is 4.49. The van der Waals surface area contributed by atoms with Crippen molar-refractivity contribution < 1.29 is 23.1 Å². The first kappa shape index (κ1) is 22.1. The average Bonchev–Trinajstić information content (AvgIpc) is 3.15. The molecule has 0 aliphatic carbocycles. The molecule has 0 bridgehead atoms. The normalized spacial score (nSPS) is 13.7. The van der Waals surface area contributed by atoms with Crippen molar-refractivity contribution in [3.8, 4) is 0 Å². The van der Waals surface area contributed by atoms with Gasteiger partial charge in [-0.1, -0.05) is 49.4 Å². The lowest BCUT2D eigenvalue weighted by Gasteiger charge is -2.17. The van der Waals surface area contributed by atoms with Crippen LogP contribution in [0, 0.1) is 0 Å². The maximum absolute atomic E-state index is 12.8. The topological polar surface area (TPSA) is 113 Å². The van der Waals surface area contributed by atoms with Gasteiger partial charge in [-0.15, -0.1) is 11.3 Å². The first-order valence-corrected chi connectivity index (χ1v) is 12.1. The number of sulfone groups is 1. The zero-order chi connectivity index (χ0) is 21.7. The number of rotatable bonds is 9. The van der Waals surface area contributed by atoms with Crippen molar-refractivity contribution in [2.75, 3.05) is 5.75 Å². The number of benzene rings is 2. The fourth-order valence-electron chi connectivity index (χ4n) is 2.95. The smallest absolute Gasteiger partial charge is 0.250 e. The molecule has 1 amide bonds. The first-order chi connectivity index (χ1) is 14.3. The SMILES string of the molecule is CC[C@@H](NC(=O)[C@@H](O)CS(=O)(=O)Cc1ccccc1)C(=O)c1nc2ccccc2s1. The Labute approximate surface area is 178 Å². The van der Waals surface area contributed by atoms with Crippen LogP contribution in [0.1, 0.15) is 28.7 Å². The second-order valence-electron chi connectivity index (χ2n) is 6.88. The molecule has 3 rings (SSSR count). The fourth-order valence-corrected chi connectivity index (χ4v) is 5.36. The van der Waals surface area contributed by atoms with E-state index >= 15 is 0 Å². The molecule has 0 aliphatic heterocycles. The Bertz CT molecular complexity index is 1110. The van der Waals surface area contributed by atoms with Gasteiger partial charge < -0.3 is 10.4 Å². The number of hydrogen-bond donors (Lipinski definition) is 2. The predicted octanol–water partition coefficient (Wildman–Crippen LogP) is 2.35. The molecule has 30 heavy (non-hydrogen) atoms. The molecule has 0 spiro atoms. The second kappa shape index (κ2) is 9.46. The van der Waals surface area contributed by atoms with E-state index in [0.717, 1.165) is 4.70 Å². The molecular formula is C21H22N2O5S2. The number of Topliss-reactive ketones (excluding diaryl/α,β-unsaturated/α-hetero) is 1. The molecule has 3 aromatic rings. The van der Waals surface area contributed by atoms with Crippen molar-refractivity contribution in [3.63, 3.8) is 0 Å². The number of aromatic nitrogens is 1. The van der Waals surface area contributed by atoms with Crippen LogP contribution < -0.4 is 5.32 Å². The number of ketones is 1. The lowest BCUT2D eigenvalue weighted by molar-refractivity contribution is -0.128. The fraction of sp³-hybridized carbons (Fsp3) is 0.286. The van der Waals surface area contributed by atoms with Gasteiger partial charge in [-0.25, -0.2) is 13.4 Å². The minimum Gasteiger partial charge on any atom is -0.382 e. The van der Waals surface area contributed by atoms with E-state index in [9.17, 15) is 23.1 Å². The summed E-state index contributed by atoms with van der Waals surface area (Å²) in [6.07, 6.45) is -1.49. The summed E-state index contributed by atoms with van der Waals surface area (Å²) in [5.74, 6) is -2.26. The van der Waals surface area contributed by atoms with Crippen LogP contribution in [0.25, 0.3) is 10.2 Å². The number of thiazole rings is 1. The summed E-state index contributed by atoms with van der Waals surface area (Å²) in [4.78, 5) is 29.4. The number of carbonyl (C=O) groups excluding carboxylic acids is 2.